The second-order valence-corrected chi connectivity index (χ2v) is 12.9. The van der Waals surface area contributed by atoms with Gasteiger partial charge in [0.1, 0.15) is 23.6 Å². The van der Waals surface area contributed by atoms with E-state index in [1.54, 1.807) is 30.9 Å². The van der Waals surface area contributed by atoms with Crippen LogP contribution < -0.4 is 16.0 Å². The first-order valence-electron chi connectivity index (χ1n) is 16.9. The number of para-hydroxylation sites is 1. The van der Waals surface area contributed by atoms with Gasteiger partial charge in [0.05, 0.1) is 17.6 Å². The predicted octanol–water partition coefficient (Wildman–Crippen LogP) is 4.10. The third-order valence-electron chi connectivity index (χ3n) is 9.56. The van der Waals surface area contributed by atoms with Gasteiger partial charge in [0, 0.05) is 38.5 Å². The molecular formula is C36H46FN7O4. The molecule has 5 rings (SSSR count). The van der Waals surface area contributed by atoms with E-state index in [2.05, 4.69) is 25.9 Å². The highest BCUT2D eigenvalue weighted by molar-refractivity contribution is 6.01. The van der Waals surface area contributed by atoms with Crippen LogP contribution in [0.25, 0.3) is 5.69 Å². The van der Waals surface area contributed by atoms with Crippen molar-refractivity contribution in [2.75, 3.05) is 38.5 Å². The lowest BCUT2D eigenvalue weighted by molar-refractivity contribution is -0.138. The predicted molar refractivity (Wildman–Crippen MR) is 181 cm³/mol. The molecule has 2 aliphatic rings. The number of amides is 4. The zero-order chi connectivity index (χ0) is 34.2. The standard InChI is InChI=1S/C36H46FN7O4/c1-4-31(45)40-32(36(48)43-21-19-42(3)20-22-43)24(2)26-15-16-29(28(37)23-26)39-35(47)33(25-11-7-5-8-12-25)41-34(46)30-17-18-38-44(30)27-13-9-6-10-14-27/h6,9-10,13-18,23-25,32-33H,4-5,7-8,11-12,19-22H2,1-3H3,(H,39,47)(H,40,45)(H,41,46)/t24-,32+,33-/m0/s1. The van der Waals surface area contributed by atoms with Crippen LogP contribution in [0.2, 0.25) is 0 Å². The van der Waals surface area contributed by atoms with Crippen molar-refractivity contribution in [3.8, 4) is 5.69 Å². The molecule has 3 atom stereocenters. The zero-order valence-corrected chi connectivity index (χ0v) is 28.0. The smallest absolute Gasteiger partial charge is 0.270 e. The minimum absolute atomic E-state index is 0.0279. The SMILES string of the molecule is CCC(=O)N[C@@H](C(=O)N1CCN(C)CC1)[C@@H](C)c1ccc(NC(=O)[C@@H](NC(=O)c2ccnn2-c2ccccc2)C2CCCCC2)c(F)c1. The van der Waals surface area contributed by atoms with Crippen molar-refractivity contribution >= 4 is 29.3 Å². The Kier molecular flexibility index (Phi) is 11.6. The zero-order valence-electron chi connectivity index (χ0n) is 28.0. The van der Waals surface area contributed by atoms with Gasteiger partial charge in [0.15, 0.2) is 0 Å². The van der Waals surface area contributed by atoms with Crippen molar-refractivity contribution in [2.45, 2.75) is 70.4 Å². The van der Waals surface area contributed by atoms with Gasteiger partial charge in [-0.2, -0.15) is 5.10 Å². The summed E-state index contributed by atoms with van der Waals surface area (Å²) in [6.45, 7) is 6.07. The van der Waals surface area contributed by atoms with E-state index in [-0.39, 0.29) is 35.5 Å². The van der Waals surface area contributed by atoms with Crippen LogP contribution in [0.1, 0.15) is 74.3 Å². The summed E-state index contributed by atoms with van der Waals surface area (Å²) < 4.78 is 17.2. The van der Waals surface area contributed by atoms with Crippen LogP contribution in [0.5, 0.6) is 0 Å². The lowest BCUT2D eigenvalue weighted by Gasteiger charge is -2.36. The van der Waals surface area contributed by atoms with Gasteiger partial charge in [0.25, 0.3) is 5.91 Å². The molecule has 1 aliphatic heterocycles. The number of likely N-dealkylation sites (N-methyl/N-ethyl adjacent to an activating group) is 1. The van der Waals surface area contributed by atoms with Gasteiger partial charge in [-0.25, -0.2) is 9.07 Å². The Labute approximate surface area is 281 Å². The Hall–Kier alpha value is -4.58. The summed E-state index contributed by atoms with van der Waals surface area (Å²) in [6, 6.07) is 13.5. The van der Waals surface area contributed by atoms with Crippen molar-refractivity contribution in [2.24, 2.45) is 5.92 Å². The number of nitrogens with one attached hydrogen (secondary N) is 3. The Bertz CT molecular complexity index is 1580. The Morgan fingerprint density at radius 2 is 1.65 bits per heavy atom. The summed E-state index contributed by atoms with van der Waals surface area (Å²) >= 11 is 0. The van der Waals surface area contributed by atoms with E-state index in [1.807, 2.05) is 37.4 Å². The minimum Gasteiger partial charge on any atom is -0.344 e. The van der Waals surface area contributed by atoms with Crippen LogP contribution in [0.3, 0.4) is 0 Å². The van der Waals surface area contributed by atoms with Crippen LogP contribution in [0.15, 0.2) is 60.8 Å². The summed E-state index contributed by atoms with van der Waals surface area (Å²) in [7, 11) is 2.00. The molecule has 256 valence electrons. The van der Waals surface area contributed by atoms with E-state index in [9.17, 15) is 19.2 Å². The molecule has 1 saturated carbocycles. The number of halogens is 1. The van der Waals surface area contributed by atoms with E-state index in [4.69, 9.17) is 0 Å². The molecule has 11 nitrogen and oxygen atoms in total. The first-order valence-corrected chi connectivity index (χ1v) is 16.9. The molecule has 1 aliphatic carbocycles. The van der Waals surface area contributed by atoms with Gasteiger partial charge in [0.2, 0.25) is 17.7 Å². The summed E-state index contributed by atoms with van der Waals surface area (Å²) in [5.74, 6) is -2.72. The summed E-state index contributed by atoms with van der Waals surface area (Å²) in [5.41, 5.74) is 1.49. The number of carbonyl (C=O) groups is 4. The van der Waals surface area contributed by atoms with Crippen LogP contribution in [-0.2, 0) is 14.4 Å². The van der Waals surface area contributed by atoms with Gasteiger partial charge < -0.3 is 25.8 Å². The van der Waals surface area contributed by atoms with E-state index >= 15 is 4.39 Å². The number of aromatic nitrogens is 2. The van der Waals surface area contributed by atoms with E-state index < -0.39 is 35.6 Å². The van der Waals surface area contributed by atoms with Gasteiger partial charge in [-0.15, -0.1) is 0 Å². The number of hydrogen-bond acceptors (Lipinski definition) is 6. The molecule has 12 heteroatoms. The monoisotopic (exact) mass is 659 g/mol. The topological polar surface area (TPSA) is 129 Å². The average Bonchev–Trinajstić information content (AvgIpc) is 3.61. The number of carbonyl (C=O) groups excluding carboxylic acids is 4. The molecule has 0 radical (unpaired) electrons. The molecule has 2 aromatic carbocycles. The van der Waals surface area contributed by atoms with Crippen LogP contribution in [-0.4, -0.2) is 88.5 Å². The minimum atomic E-state index is -0.884. The van der Waals surface area contributed by atoms with E-state index in [0.29, 0.717) is 24.3 Å². The molecule has 3 N–H and O–H groups in total. The second kappa shape index (κ2) is 16.0. The van der Waals surface area contributed by atoms with E-state index in [1.165, 1.54) is 23.0 Å². The van der Waals surface area contributed by atoms with Crippen LogP contribution in [0, 0.1) is 11.7 Å². The Balaban J connectivity index is 1.33. The molecule has 2 fully saturated rings. The van der Waals surface area contributed by atoms with Crippen molar-refractivity contribution < 1.29 is 23.6 Å². The maximum atomic E-state index is 15.7. The fourth-order valence-electron chi connectivity index (χ4n) is 6.55. The maximum absolute atomic E-state index is 15.7. The number of hydrogen-bond donors (Lipinski definition) is 3. The normalized spacial score (nSPS) is 17.6. The molecule has 0 spiro atoms. The van der Waals surface area contributed by atoms with Gasteiger partial charge in [-0.3, -0.25) is 19.2 Å². The van der Waals surface area contributed by atoms with Crippen molar-refractivity contribution in [1.82, 2.24) is 30.2 Å². The first kappa shape index (κ1) is 34.7. The lowest BCUT2D eigenvalue weighted by Crippen LogP contribution is -2.55. The molecular weight excluding hydrogens is 613 g/mol. The van der Waals surface area contributed by atoms with Crippen LogP contribution >= 0.6 is 0 Å². The quantitative estimate of drug-likeness (QED) is 0.285. The molecule has 0 bridgehead atoms. The number of nitrogens with zero attached hydrogens (tertiary/aromatic N) is 4. The van der Waals surface area contributed by atoms with Crippen molar-refractivity contribution in [1.29, 1.82) is 0 Å². The highest BCUT2D eigenvalue weighted by Crippen LogP contribution is 2.29. The number of piperazine rings is 1. The lowest BCUT2D eigenvalue weighted by atomic mass is 9.83. The maximum Gasteiger partial charge on any atom is 0.270 e. The third kappa shape index (κ3) is 8.28. The van der Waals surface area contributed by atoms with Crippen molar-refractivity contribution in [3.05, 3.63) is 77.9 Å². The summed E-state index contributed by atoms with van der Waals surface area (Å²) in [5, 5.41) is 12.8. The highest BCUT2D eigenvalue weighted by atomic mass is 19.1. The highest BCUT2D eigenvalue weighted by Gasteiger charge is 2.34. The summed E-state index contributed by atoms with van der Waals surface area (Å²) in [6.07, 6.45) is 6.22. The average molecular weight is 660 g/mol. The summed E-state index contributed by atoms with van der Waals surface area (Å²) in [4.78, 5) is 57.2. The largest absolute Gasteiger partial charge is 0.344 e. The molecule has 4 amide bonds. The Morgan fingerprint density at radius 1 is 0.938 bits per heavy atom. The van der Waals surface area contributed by atoms with Gasteiger partial charge in [-0.1, -0.05) is 57.4 Å². The molecule has 1 aromatic heterocycles. The van der Waals surface area contributed by atoms with Crippen molar-refractivity contribution in [3.63, 3.8) is 0 Å². The first-order chi connectivity index (χ1) is 23.2. The third-order valence-corrected chi connectivity index (χ3v) is 9.56. The molecule has 0 unspecified atom stereocenters. The van der Waals surface area contributed by atoms with Crippen LogP contribution in [0.4, 0.5) is 10.1 Å². The number of benzene rings is 2. The number of rotatable bonds is 11. The molecule has 3 aromatic rings. The van der Waals surface area contributed by atoms with E-state index in [0.717, 1.165) is 45.2 Å². The van der Waals surface area contributed by atoms with Gasteiger partial charge >= 0.3 is 0 Å². The number of anilines is 1. The molecule has 1 saturated heterocycles. The fourth-order valence-corrected chi connectivity index (χ4v) is 6.55. The molecule has 2 heterocycles. The Morgan fingerprint density at radius 3 is 2.31 bits per heavy atom. The van der Waals surface area contributed by atoms with Gasteiger partial charge in [-0.05, 0) is 61.7 Å². The fraction of sp³-hybridized carbons (Fsp3) is 0.472. The second-order valence-electron chi connectivity index (χ2n) is 12.9. The molecule has 48 heavy (non-hydrogen) atoms.